The first-order valence-electron chi connectivity index (χ1n) is 11.8. The summed E-state index contributed by atoms with van der Waals surface area (Å²) >= 11 is 5.91. The molecule has 0 aliphatic carbocycles. The molecular formula is C24H20ClF3N8O4. The summed E-state index contributed by atoms with van der Waals surface area (Å²) in [4.78, 5) is 43.1. The molecule has 4 aromatic rings. The van der Waals surface area contributed by atoms with Gasteiger partial charge in [0, 0.05) is 10.6 Å². The summed E-state index contributed by atoms with van der Waals surface area (Å²) in [6.45, 7) is -1.41. The number of alkyl halides is 3. The average Bonchev–Trinajstić information content (AvgIpc) is 3.64. The number of aromatic nitrogens is 6. The zero-order valence-corrected chi connectivity index (χ0v) is 21.2. The molecular weight excluding hydrogens is 557 g/mol. The van der Waals surface area contributed by atoms with Gasteiger partial charge in [0.05, 0.1) is 24.5 Å². The van der Waals surface area contributed by atoms with Gasteiger partial charge < -0.3 is 15.3 Å². The third kappa shape index (κ3) is 5.46. The Morgan fingerprint density at radius 3 is 2.50 bits per heavy atom. The molecule has 0 radical (unpaired) electrons. The molecule has 2 amide bonds. The molecule has 1 atom stereocenters. The molecule has 1 fully saturated rings. The van der Waals surface area contributed by atoms with E-state index in [9.17, 15) is 32.7 Å². The number of halogens is 4. The third-order valence-corrected chi connectivity index (χ3v) is 6.31. The minimum atomic E-state index is -4.96. The van der Waals surface area contributed by atoms with Crippen molar-refractivity contribution in [2.75, 3.05) is 13.2 Å². The fourth-order valence-corrected chi connectivity index (χ4v) is 4.18. The number of aliphatic hydroxyl groups excluding tert-OH is 1. The number of aliphatic hydroxyl groups is 1. The van der Waals surface area contributed by atoms with Crippen molar-refractivity contribution in [1.82, 2.24) is 39.3 Å². The predicted octanol–water partition coefficient (Wildman–Crippen LogP) is 1.45. The highest BCUT2D eigenvalue weighted by Gasteiger charge is 2.39. The van der Waals surface area contributed by atoms with Gasteiger partial charge in [-0.25, -0.2) is 19.1 Å². The number of hydrogen-bond donors (Lipinski definition) is 2. The summed E-state index contributed by atoms with van der Waals surface area (Å²) in [5, 5.41) is 21.1. The standard InChI is InChI=1S/C24H20ClF3N8O4/c25-15-7-5-14(6-8-15)21-32-35(23(40)34(21)9-18(37)24(26,27)28)10-19-29-13-36(31-19)17-4-2-1-3-16(17)22(39)33-11-20(38)30-12-33/h1-8,13,18,37H,9-12H2,(H,30,38)/t18-/m0/s1. The molecule has 5 rings (SSSR count). The lowest BCUT2D eigenvalue weighted by Crippen LogP contribution is -2.37. The summed E-state index contributed by atoms with van der Waals surface area (Å²) < 4.78 is 42.2. The number of rotatable bonds is 7. The first kappa shape index (κ1) is 27.1. The molecule has 0 saturated carbocycles. The van der Waals surface area contributed by atoms with Crippen LogP contribution in [0.1, 0.15) is 16.2 Å². The number of nitrogens with one attached hydrogen (secondary N) is 1. The minimum absolute atomic E-state index is 0.0686. The van der Waals surface area contributed by atoms with E-state index in [-0.39, 0.29) is 42.9 Å². The van der Waals surface area contributed by atoms with Crippen LogP contribution in [0.2, 0.25) is 5.02 Å². The lowest BCUT2D eigenvalue weighted by atomic mass is 10.1. The molecule has 0 bridgehead atoms. The molecule has 0 unspecified atom stereocenters. The second-order valence-corrected chi connectivity index (χ2v) is 9.26. The molecule has 12 nitrogen and oxygen atoms in total. The van der Waals surface area contributed by atoms with E-state index in [1.54, 1.807) is 24.3 Å². The summed E-state index contributed by atoms with van der Waals surface area (Å²) in [7, 11) is 0. The lowest BCUT2D eigenvalue weighted by Gasteiger charge is -2.15. The van der Waals surface area contributed by atoms with Gasteiger partial charge >= 0.3 is 11.9 Å². The maximum absolute atomic E-state index is 13.1. The van der Waals surface area contributed by atoms with Crippen molar-refractivity contribution in [2.45, 2.75) is 25.4 Å². The number of amides is 2. The van der Waals surface area contributed by atoms with Crippen molar-refractivity contribution in [3.63, 3.8) is 0 Å². The second-order valence-electron chi connectivity index (χ2n) is 8.82. The Bertz CT molecular complexity index is 1630. The molecule has 2 N–H and O–H groups in total. The first-order valence-corrected chi connectivity index (χ1v) is 12.1. The first-order chi connectivity index (χ1) is 19.0. The highest BCUT2D eigenvalue weighted by Crippen LogP contribution is 2.24. The minimum Gasteiger partial charge on any atom is -0.382 e. The number of carbonyl (C=O) groups excluding carboxylic acids is 2. The van der Waals surface area contributed by atoms with E-state index >= 15 is 0 Å². The van der Waals surface area contributed by atoms with Crippen LogP contribution in [0.5, 0.6) is 0 Å². The van der Waals surface area contributed by atoms with E-state index in [1.165, 1.54) is 40.2 Å². The largest absolute Gasteiger partial charge is 0.416 e. The number of nitrogens with zero attached hydrogens (tertiary/aromatic N) is 7. The van der Waals surface area contributed by atoms with Crippen LogP contribution in [0, 0.1) is 0 Å². The number of benzene rings is 2. The second kappa shape index (κ2) is 10.6. The Balaban J connectivity index is 1.46. The van der Waals surface area contributed by atoms with Crippen molar-refractivity contribution < 1.29 is 27.9 Å². The molecule has 40 heavy (non-hydrogen) atoms. The highest BCUT2D eigenvalue weighted by molar-refractivity contribution is 6.30. The molecule has 1 aliphatic heterocycles. The number of hydrogen-bond acceptors (Lipinski definition) is 7. The van der Waals surface area contributed by atoms with Crippen LogP contribution in [0.3, 0.4) is 0 Å². The molecule has 16 heteroatoms. The van der Waals surface area contributed by atoms with Crippen molar-refractivity contribution in [3.8, 4) is 17.1 Å². The fourth-order valence-electron chi connectivity index (χ4n) is 4.05. The maximum Gasteiger partial charge on any atom is 0.416 e. The van der Waals surface area contributed by atoms with Crippen LogP contribution in [-0.2, 0) is 17.9 Å². The van der Waals surface area contributed by atoms with Gasteiger partial charge in [0.25, 0.3) is 5.91 Å². The Kier molecular flexibility index (Phi) is 7.16. The van der Waals surface area contributed by atoms with Gasteiger partial charge in [0.2, 0.25) is 5.91 Å². The molecule has 3 heterocycles. The summed E-state index contributed by atoms with van der Waals surface area (Å²) in [6, 6.07) is 12.5. The predicted molar refractivity (Wildman–Crippen MR) is 134 cm³/mol. The number of para-hydroxylation sites is 1. The van der Waals surface area contributed by atoms with Gasteiger partial charge in [-0.3, -0.25) is 14.2 Å². The maximum atomic E-state index is 13.1. The van der Waals surface area contributed by atoms with Gasteiger partial charge in [-0.1, -0.05) is 23.7 Å². The van der Waals surface area contributed by atoms with E-state index in [4.69, 9.17) is 11.6 Å². The summed E-state index contributed by atoms with van der Waals surface area (Å²) in [6.07, 6.45) is -6.45. The Hall–Kier alpha value is -4.50. The van der Waals surface area contributed by atoms with E-state index in [0.29, 0.717) is 16.3 Å². The van der Waals surface area contributed by atoms with Gasteiger partial charge in [0.1, 0.15) is 19.4 Å². The van der Waals surface area contributed by atoms with Gasteiger partial charge in [0.15, 0.2) is 17.8 Å². The fraction of sp³-hybridized carbons (Fsp3) is 0.250. The molecule has 1 aliphatic rings. The van der Waals surface area contributed by atoms with Crippen molar-refractivity contribution in [2.24, 2.45) is 0 Å². The van der Waals surface area contributed by atoms with Gasteiger partial charge in [-0.05, 0) is 36.4 Å². The molecule has 2 aromatic carbocycles. The topological polar surface area (TPSA) is 140 Å². The molecule has 1 saturated heterocycles. The van der Waals surface area contributed by atoms with E-state index in [1.807, 2.05) is 0 Å². The zero-order chi connectivity index (χ0) is 28.6. The highest BCUT2D eigenvalue weighted by atomic mass is 35.5. The van der Waals surface area contributed by atoms with Gasteiger partial charge in [-0.15, -0.1) is 10.2 Å². The number of carbonyl (C=O) groups is 2. The Labute approximate surface area is 228 Å². The quantitative estimate of drug-likeness (QED) is 0.339. The molecule has 208 valence electrons. The van der Waals surface area contributed by atoms with Crippen molar-refractivity contribution >= 4 is 23.4 Å². The zero-order valence-electron chi connectivity index (χ0n) is 20.4. The van der Waals surface area contributed by atoms with Crippen LogP contribution in [0.15, 0.2) is 59.7 Å². The Morgan fingerprint density at radius 2 is 1.82 bits per heavy atom. The molecule has 2 aromatic heterocycles. The smallest absolute Gasteiger partial charge is 0.382 e. The molecule has 0 spiro atoms. The monoisotopic (exact) mass is 576 g/mol. The van der Waals surface area contributed by atoms with Crippen LogP contribution in [0.25, 0.3) is 17.1 Å². The van der Waals surface area contributed by atoms with Crippen LogP contribution < -0.4 is 11.0 Å². The van der Waals surface area contributed by atoms with E-state index < -0.39 is 30.4 Å². The van der Waals surface area contributed by atoms with Crippen LogP contribution in [-0.4, -0.2) is 76.4 Å². The van der Waals surface area contributed by atoms with Gasteiger partial charge in [-0.2, -0.15) is 13.2 Å². The summed E-state index contributed by atoms with van der Waals surface area (Å²) in [5.41, 5.74) is -0.0106. The van der Waals surface area contributed by atoms with E-state index in [0.717, 1.165) is 9.25 Å². The summed E-state index contributed by atoms with van der Waals surface area (Å²) in [5.74, 6) is -0.726. The lowest BCUT2D eigenvalue weighted by molar-refractivity contribution is -0.207. The Morgan fingerprint density at radius 1 is 1.10 bits per heavy atom. The van der Waals surface area contributed by atoms with Crippen LogP contribution in [0.4, 0.5) is 13.2 Å². The van der Waals surface area contributed by atoms with E-state index in [2.05, 4.69) is 20.5 Å². The third-order valence-electron chi connectivity index (χ3n) is 6.06. The van der Waals surface area contributed by atoms with Crippen molar-refractivity contribution in [3.05, 3.63) is 81.8 Å². The SMILES string of the molecule is O=C1CN(C(=O)c2ccccc2-n2cnc(Cn3nc(-c4ccc(Cl)cc4)n(C[C@H](O)C(F)(F)F)c3=O)n2)CN1. The normalized spacial score (nSPS) is 14.4. The van der Waals surface area contributed by atoms with Crippen LogP contribution >= 0.6 is 11.6 Å². The van der Waals surface area contributed by atoms with Crippen molar-refractivity contribution in [1.29, 1.82) is 0 Å². The average molecular weight is 577 g/mol.